The van der Waals surface area contributed by atoms with Crippen LogP contribution in [-0.4, -0.2) is 36.7 Å². The fourth-order valence-electron chi connectivity index (χ4n) is 2.16. The first kappa shape index (κ1) is 20.2. The Labute approximate surface area is 143 Å². The Hall–Kier alpha value is -1.89. The van der Waals surface area contributed by atoms with Gasteiger partial charge in [0.15, 0.2) is 9.84 Å². The SMILES string of the molecule is CC[C@H](C)[C@H](NC(=O)Cc1ccc(S(=O)(=O)C(C)C)cc1)C(=O)O. The number of amides is 1. The third-order valence-electron chi connectivity index (χ3n) is 4.03. The molecule has 1 rings (SSSR count). The summed E-state index contributed by atoms with van der Waals surface area (Å²) in [4.78, 5) is 23.5. The number of carbonyl (C=O) groups excluding carboxylic acids is 1. The van der Waals surface area contributed by atoms with E-state index in [2.05, 4.69) is 5.32 Å². The van der Waals surface area contributed by atoms with E-state index in [0.717, 1.165) is 0 Å². The fourth-order valence-corrected chi connectivity index (χ4v) is 3.22. The van der Waals surface area contributed by atoms with Crippen LogP contribution >= 0.6 is 0 Å². The van der Waals surface area contributed by atoms with Crippen molar-refractivity contribution in [1.82, 2.24) is 5.32 Å². The minimum Gasteiger partial charge on any atom is -0.480 e. The lowest BCUT2D eigenvalue weighted by Gasteiger charge is -2.20. The van der Waals surface area contributed by atoms with Gasteiger partial charge in [-0.3, -0.25) is 4.79 Å². The van der Waals surface area contributed by atoms with Crippen LogP contribution in [0.2, 0.25) is 0 Å². The zero-order chi connectivity index (χ0) is 18.5. The Morgan fingerprint density at radius 3 is 2.08 bits per heavy atom. The van der Waals surface area contributed by atoms with Gasteiger partial charge in [0.1, 0.15) is 6.04 Å². The predicted molar refractivity (Wildman–Crippen MR) is 91.5 cm³/mol. The third-order valence-corrected chi connectivity index (χ3v) is 6.20. The van der Waals surface area contributed by atoms with Gasteiger partial charge in [0.05, 0.1) is 16.6 Å². The zero-order valence-corrected chi connectivity index (χ0v) is 15.3. The van der Waals surface area contributed by atoms with E-state index >= 15 is 0 Å². The number of benzene rings is 1. The summed E-state index contributed by atoms with van der Waals surface area (Å²) in [5.74, 6) is -1.64. The van der Waals surface area contributed by atoms with Crippen molar-refractivity contribution in [2.24, 2.45) is 5.92 Å². The molecule has 0 bridgehead atoms. The molecular formula is C17H25NO5S. The maximum atomic E-state index is 12.0. The van der Waals surface area contributed by atoms with E-state index in [1.54, 1.807) is 32.9 Å². The first-order valence-electron chi connectivity index (χ1n) is 7.94. The molecule has 1 aromatic carbocycles. The monoisotopic (exact) mass is 355 g/mol. The maximum Gasteiger partial charge on any atom is 0.326 e. The molecule has 0 saturated carbocycles. The molecule has 0 fully saturated rings. The Morgan fingerprint density at radius 2 is 1.67 bits per heavy atom. The largest absolute Gasteiger partial charge is 0.480 e. The van der Waals surface area contributed by atoms with E-state index in [1.165, 1.54) is 12.1 Å². The van der Waals surface area contributed by atoms with Crippen molar-refractivity contribution in [2.45, 2.75) is 56.7 Å². The highest BCUT2D eigenvalue weighted by molar-refractivity contribution is 7.92. The molecule has 134 valence electrons. The van der Waals surface area contributed by atoms with Gasteiger partial charge < -0.3 is 10.4 Å². The first-order valence-corrected chi connectivity index (χ1v) is 9.49. The molecule has 0 heterocycles. The Morgan fingerprint density at radius 1 is 1.12 bits per heavy atom. The van der Waals surface area contributed by atoms with Crippen molar-refractivity contribution < 1.29 is 23.1 Å². The Kier molecular flexibility index (Phi) is 6.95. The molecule has 7 heteroatoms. The quantitative estimate of drug-likeness (QED) is 0.743. The first-order chi connectivity index (χ1) is 11.1. The molecule has 2 N–H and O–H groups in total. The number of carboxylic acids is 1. The summed E-state index contributed by atoms with van der Waals surface area (Å²) in [6, 6.07) is 5.17. The van der Waals surface area contributed by atoms with Gasteiger partial charge in [0.25, 0.3) is 0 Å². The van der Waals surface area contributed by atoms with Crippen molar-refractivity contribution in [3.8, 4) is 0 Å². The molecule has 1 aromatic rings. The molecule has 2 atom stereocenters. The smallest absolute Gasteiger partial charge is 0.326 e. The van der Waals surface area contributed by atoms with E-state index < -0.39 is 33.0 Å². The molecule has 0 unspecified atom stereocenters. The van der Waals surface area contributed by atoms with Crippen LogP contribution in [-0.2, 0) is 25.8 Å². The number of aliphatic carboxylic acids is 1. The predicted octanol–water partition coefficient (Wildman–Crippen LogP) is 2.03. The summed E-state index contributed by atoms with van der Waals surface area (Å²) < 4.78 is 24.1. The van der Waals surface area contributed by atoms with Crippen LogP contribution in [0.1, 0.15) is 39.7 Å². The van der Waals surface area contributed by atoms with Crippen LogP contribution in [0.5, 0.6) is 0 Å². The van der Waals surface area contributed by atoms with Gasteiger partial charge in [0.2, 0.25) is 5.91 Å². The summed E-state index contributed by atoms with van der Waals surface area (Å²) in [7, 11) is -3.35. The highest BCUT2D eigenvalue weighted by atomic mass is 32.2. The molecule has 0 saturated heterocycles. The van der Waals surface area contributed by atoms with Gasteiger partial charge in [-0.2, -0.15) is 0 Å². The molecule has 0 aromatic heterocycles. The highest BCUT2D eigenvalue weighted by Gasteiger charge is 2.25. The minimum absolute atomic E-state index is 0.00220. The van der Waals surface area contributed by atoms with Gasteiger partial charge in [-0.25, -0.2) is 13.2 Å². The number of rotatable bonds is 8. The lowest BCUT2D eigenvalue weighted by atomic mass is 9.99. The molecule has 0 aliphatic rings. The normalized spacial score (nSPS) is 14.2. The number of hydrogen-bond acceptors (Lipinski definition) is 4. The van der Waals surface area contributed by atoms with E-state index in [1.807, 2.05) is 6.92 Å². The maximum absolute atomic E-state index is 12.0. The summed E-state index contributed by atoms with van der Waals surface area (Å²) in [5.41, 5.74) is 0.628. The molecule has 1 amide bonds. The zero-order valence-electron chi connectivity index (χ0n) is 14.4. The summed E-state index contributed by atoms with van der Waals surface area (Å²) in [5, 5.41) is 11.2. The molecular weight excluding hydrogens is 330 g/mol. The molecule has 0 aliphatic heterocycles. The van der Waals surface area contributed by atoms with Gasteiger partial charge in [-0.15, -0.1) is 0 Å². The highest BCUT2D eigenvalue weighted by Crippen LogP contribution is 2.17. The van der Waals surface area contributed by atoms with Crippen LogP contribution in [0.25, 0.3) is 0 Å². The van der Waals surface area contributed by atoms with Gasteiger partial charge >= 0.3 is 5.97 Å². The second kappa shape index (κ2) is 8.28. The second-order valence-corrected chi connectivity index (χ2v) is 8.69. The molecule has 0 radical (unpaired) electrons. The number of sulfone groups is 1. The van der Waals surface area contributed by atoms with Gasteiger partial charge in [0, 0.05) is 0 Å². The molecule has 6 nitrogen and oxygen atoms in total. The van der Waals surface area contributed by atoms with E-state index in [9.17, 15) is 23.1 Å². The Balaban J connectivity index is 2.80. The number of carbonyl (C=O) groups is 2. The lowest BCUT2D eigenvalue weighted by Crippen LogP contribution is -2.45. The number of hydrogen-bond donors (Lipinski definition) is 2. The van der Waals surface area contributed by atoms with E-state index in [-0.39, 0.29) is 17.2 Å². The van der Waals surface area contributed by atoms with Crippen molar-refractivity contribution >= 4 is 21.7 Å². The standard InChI is InChI=1S/C17H25NO5S/c1-5-12(4)16(17(20)21)18-15(19)10-13-6-8-14(9-7-13)24(22,23)11(2)3/h6-9,11-12,16H,5,10H2,1-4H3,(H,18,19)(H,20,21)/t12-,16-/m0/s1. The van der Waals surface area contributed by atoms with Crippen molar-refractivity contribution in [2.75, 3.05) is 0 Å². The topological polar surface area (TPSA) is 101 Å². The van der Waals surface area contributed by atoms with E-state index in [0.29, 0.717) is 12.0 Å². The van der Waals surface area contributed by atoms with E-state index in [4.69, 9.17) is 0 Å². The average molecular weight is 355 g/mol. The second-order valence-electron chi connectivity index (χ2n) is 6.18. The molecule has 0 spiro atoms. The number of nitrogens with one attached hydrogen (secondary N) is 1. The molecule has 0 aliphatic carbocycles. The van der Waals surface area contributed by atoms with Crippen LogP contribution in [0.3, 0.4) is 0 Å². The lowest BCUT2D eigenvalue weighted by molar-refractivity contribution is -0.143. The average Bonchev–Trinajstić information content (AvgIpc) is 2.52. The van der Waals surface area contributed by atoms with Crippen molar-refractivity contribution in [1.29, 1.82) is 0 Å². The van der Waals surface area contributed by atoms with Crippen LogP contribution in [0.15, 0.2) is 29.2 Å². The van der Waals surface area contributed by atoms with Crippen LogP contribution < -0.4 is 5.32 Å². The van der Waals surface area contributed by atoms with Crippen LogP contribution in [0, 0.1) is 5.92 Å². The fraction of sp³-hybridized carbons (Fsp3) is 0.529. The Bertz CT molecular complexity index is 679. The molecule has 24 heavy (non-hydrogen) atoms. The van der Waals surface area contributed by atoms with Crippen molar-refractivity contribution in [3.63, 3.8) is 0 Å². The summed E-state index contributed by atoms with van der Waals surface area (Å²) in [6.45, 7) is 6.85. The number of carboxylic acid groups (broad SMARTS) is 1. The van der Waals surface area contributed by atoms with Crippen molar-refractivity contribution in [3.05, 3.63) is 29.8 Å². The minimum atomic E-state index is -3.35. The summed E-state index contributed by atoms with van der Waals surface area (Å²) >= 11 is 0. The van der Waals surface area contributed by atoms with Gasteiger partial charge in [-0.05, 0) is 37.5 Å². The summed E-state index contributed by atoms with van der Waals surface area (Å²) in [6.07, 6.45) is 0.640. The van der Waals surface area contributed by atoms with Crippen LogP contribution in [0.4, 0.5) is 0 Å². The van der Waals surface area contributed by atoms with Gasteiger partial charge in [-0.1, -0.05) is 32.4 Å². The third kappa shape index (κ3) is 5.06.